The summed E-state index contributed by atoms with van der Waals surface area (Å²) in [6.07, 6.45) is -2.28. The first-order valence-electron chi connectivity index (χ1n) is 5.34. The summed E-state index contributed by atoms with van der Waals surface area (Å²) in [6, 6.07) is 2.05. The van der Waals surface area contributed by atoms with E-state index in [1.807, 2.05) is 7.05 Å². The molecule has 3 nitrogen and oxygen atoms in total. The van der Waals surface area contributed by atoms with Gasteiger partial charge in [0.2, 0.25) is 0 Å². The summed E-state index contributed by atoms with van der Waals surface area (Å²) in [5.41, 5.74) is -0.664. The molecule has 1 rings (SSSR count). The van der Waals surface area contributed by atoms with Gasteiger partial charge in [0, 0.05) is 19.8 Å². The number of nitrogens with zero attached hydrogens (tertiary/aromatic N) is 2. The molecule has 17 heavy (non-hydrogen) atoms. The minimum atomic E-state index is -4.32. The van der Waals surface area contributed by atoms with Crippen LogP contribution in [0.2, 0.25) is 0 Å². The molecule has 1 N–H and O–H groups in total. The molecule has 6 heteroatoms. The van der Waals surface area contributed by atoms with E-state index >= 15 is 0 Å². The van der Waals surface area contributed by atoms with Gasteiger partial charge in [-0.2, -0.15) is 13.2 Å². The van der Waals surface area contributed by atoms with Crippen LogP contribution in [0.25, 0.3) is 0 Å². The first kappa shape index (κ1) is 13.8. The molecule has 0 bridgehead atoms. The number of hydrogen-bond donors (Lipinski definition) is 1. The maximum absolute atomic E-state index is 12.5. The number of aromatic nitrogens is 1. The Labute approximate surface area is 98.6 Å². The Kier molecular flexibility index (Phi) is 4.74. The number of anilines is 1. The zero-order chi connectivity index (χ0) is 12.9. The summed E-state index contributed by atoms with van der Waals surface area (Å²) in [5.74, 6) is 0.343. The Hall–Kier alpha value is -1.30. The number of pyridine rings is 1. The maximum atomic E-state index is 12.5. The predicted octanol–water partition coefficient (Wildman–Crippen LogP) is 2.15. The van der Waals surface area contributed by atoms with Crippen molar-refractivity contribution in [3.8, 4) is 0 Å². The molecule has 1 aromatic heterocycles. The van der Waals surface area contributed by atoms with Crippen molar-refractivity contribution in [2.75, 3.05) is 32.1 Å². The molecule has 0 amide bonds. The van der Waals surface area contributed by atoms with Crippen LogP contribution in [0.15, 0.2) is 18.3 Å². The minimum Gasteiger partial charge on any atom is -0.360 e. The van der Waals surface area contributed by atoms with Crippen molar-refractivity contribution >= 4 is 5.82 Å². The van der Waals surface area contributed by atoms with E-state index in [1.54, 1.807) is 11.9 Å². The van der Waals surface area contributed by atoms with E-state index in [0.29, 0.717) is 12.4 Å². The van der Waals surface area contributed by atoms with Gasteiger partial charge >= 0.3 is 6.18 Å². The lowest BCUT2D eigenvalue weighted by Crippen LogP contribution is -2.23. The third-order valence-electron chi connectivity index (χ3n) is 2.38. The highest BCUT2D eigenvalue weighted by molar-refractivity contribution is 5.40. The number of alkyl halides is 3. The summed E-state index contributed by atoms with van der Waals surface area (Å²) in [6.45, 7) is 1.48. The second-order valence-electron chi connectivity index (χ2n) is 3.78. The molecule has 0 radical (unpaired) electrons. The third-order valence-corrected chi connectivity index (χ3v) is 2.38. The van der Waals surface area contributed by atoms with E-state index in [2.05, 4.69) is 10.3 Å². The maximum Gasteiger partial charge on any atom is 0.416 e. The van der Waals surface area contributed by atoms with Gasteiger partial charge in [0.25, 0.3) is 0 Å². The van der Waals surface area contributed by atoms with Crippen LogP contribution in [0.3, 0.4) is 0 Å². The fourth-order valence-electron chi connectivity index (χ4n) is 1.41. The molecule has 0 aliphatic rings. The standard InChI is InChI=1S/C11H16F3N3/c1-15-5-3-7-17(2)10-8-9(4-6-16-10)11(12,13)14/h4,6,8,15H,3,5,7H2,1-2H3. The molecule has 0 spiro atoms. The normalized spacial score (nSPS) is 11.6. The van der Waals surface area contributed by atoms with Crippen LogP contribution in [0.5, 0.6) is 0 Å². The van der Waals surface area contributed by atoms with Crippen molar-refractivity contribution in [1.29, 1.82) is 0 Å². The summed E-state index contributed by atoms with van der Waals surface area (Å²) in [4.78, 5) is 5.65. The topological polar surface area (TPSA) is 28.2 Å². The Morgan fingerprint density at radius 2 is 2.12 bits per heavy atom. The molecule has 0 aliphatic carbocycles. The molecule has 1 heterocycles. The number of nitrogens with one attached hydrogen (secondary N) is 1. The Bertz CT molecular complexity index is 352. The highest BCUT2D eigenvalue weighted by Gasteiger charge is 2.30. The van der Waals surface area contributed by atoms with Crippen LogP contribution >= 0.6 is 0 Å². The van der Waals surface area contributed by atoms with Gasteiger partial charge in [0.1, 0.15) is 5.82 Å². The van der Waals surface area contributed by atoms with E-state index in [-0.39, 0.29) is 0 Å². The molecule has 0 unspecified atom stereocenters. The molecule has 0 aliphatic heterocycles. The average Bonchev–Trinajstić information content (AvgIpc) is 2.28. The fourth-order valence-corrected chi connectivity index (χ4v) is 1.41. The van der Waals surface area contributed by atoms with E-state index < -0.39 is 11.7 Å². The number of halogens is 3. The van der Waals surface area contributed by atoms with Crippen LogP contribution in [-0.2, 0) is 6.18 Å². The summed E-state index contributed by atoms with van der Waals surface area (Å²) in [7, 11) is 3.57. The zero-order valence-electron chi connectivity index (χ0n) is 9.88. The largest absolute Gasteiger partial charge is 0.416 e. The fraction of sp³-hybridized carbons (Fsp3) is 0.545. The van der Waals surface area contributed by atoms with Crippen LogP contribution in [0.1, 0.15) is 12.0 Å². The molecule has 1 aromatic rings. The molecular weight excluding hydrogens is 231 g/mol. The van der Waals surface area contributed by atoms with Gasteiger partial charge in [-0.05, 0) is 32.1 Å². The highest BCUT2D eigenvalue weighted by Crippen LogP contribution is 2.30. The third kappa shape index (κ3) is 4.22. The number of hydrogen-bond acceptors (Lipinski definition) is 3. The summed E-state index contributed by atoms with van der Waals surface area (Å²) >= 11 is 0. The lowest BCUT2D eigenvalue weighted by molar-refractivity contribution is -0.137. The molecule has 0 fully saturated rings. The van der Waals surface area contributed by atoms with E-state index in [1.165, 1.54) is 6.20 Å². The molecular formula is C11H16F3N3. The molecule has 0 atom stereocenters. The zero-order valence-corrected chi connectivity index (χ0v) is 9.88. The highest BCUT2D eigenvalue weighted by atomic mass is 19.4. The second kappa shape index (κ2) is 5.86. The van der Waals surface area contributed by atoms with Crippen LogP contribution in [0.4, 0.5) is 19.0 Å². The van der Waals surface area contributed by atoms with Gasteiger partial charge in [-0.15, -0.1) is 0 Å². The Morgan fingerprint density at radius 1 is 1.41 bits per heavy atom. The van der Waals surface area contributed by atoms with Gasteiger partial charge in [0.15, 0.2) is 0 Å². The van der Waals surface area contributed by atoms with Crippen molar-refractivity contribution < 1.29 is 13.2 Å². The van der Waals surface area contributed by atoms with Crippen molar-refractivity contribution in [3.05, 3.63) is 23.9 Å². The summed E-state index contributed by atoms with van der Waals surface area (Å²) < 4.78 is 37.4. The first-order valence-corrected chi connectivity index (χ1v) is 5.34. The molecule has 0 saturated carbocycles. The lowest BCUT2D eigenvalue weighted by Gasteiger charge is -2.19. The van der Waals surface area contributed by atoms with E-state index in [0.717, 1.165) is 25.1 Å². The molecule has 96 valence electrons. The Balaban J connectivity index is 2.71. The van der Waals surface area contributed by atoms with Gasteiger partial charge in [-0.1, -0.05) is 0 Å². The quantitative estimate of drug-likeness (QED) is 0.808. The molecule has 0 saturated heterocycles. The van der Waals surface area contributed by atoms with Gasteiger partial charge < -0.3 is 10.2 Å². The van der Waals surface area contributed by atoms with Crippen molar-refractivity contribution in [2.24, 2.45) is 0 Å². The monoisotopic (exact) mass is 247 g/mol. The van der Waals surface area contributed by atoms with Crippen LogP contribution in [-0.4, -0.2) is 32.2 Å². The van der Waals surface area contributed by atoms with E-state index in [4.69, 9.17) is 0 Å². The second-order valence-corrected chi connectivity index (χ2v) is 3.78. The lowest BCUT2D eigenvalue weighted by atomic mass is 10.2. The van der Waals surface area contributed by atoms with Gasteiger partial charge in [-0.3, -0.25) is 0 Å². The predicted molar refractivity (Wildman–Crippen MR) is 61.1 cm³/mol. The van der Waals surface area contributed by atoms with Crippen molar-refractivity contribution in [1.82, 2.24) is 10.3 Å². The first-order chi connectivity index (χ1) is 7.95. The summed E-state index contributed by atoms with van der Waals surface area (Å²) in [5, 5.41) is 2.98. The smallest absolute Gasteiger partial charge is 0.360 e. The average molecular weight is 247 g/mol. The molecule has 0 aromatic carbocycles. The van der Waals surface area contributed by atoms with E-state index in [9.17, 15) is 13.2 Å². The van der Waals surface area contributed by atoms with Gasteiger partial charge in [0.05, 0.1) is 5.56 Å². The van der Waals surface area contributed by atoms with Gasteiger partial charge in [-0.25, -0.2) is 4.98 Å². The van der Waals surface area contributed by atoms with Crippen molar-refractivity contribution in [2.45, 2.75) is 12.6 Å². The minimum absolute atomic E-state index is 0.343. The Morgan fingerprint density at radius 3 is 2.71 bits per heavy atom. The van der Waals surface area contributed by atoms with Crippen LogP contribution in [0, 0.1) is 0 Å². The van der Waals surface area contributed by atoms with Crippen molar-refractivity contribution in [3.63, 3.8) is 0 Å². The SMILES string of the molecule is CNCCCN(C)c1cc(C(F)(F)F)ccn1. The van der Waals surface area contributed by atoms with Crippen LogP contribution < -0.4 is 10.2 Å². The number of rotatable bonds is 5.